The lowest BCUT2D eigenvalue weighted by atomic mass is 9.78. The van der Waals surface area contributed by atoms with E-state index in [1.807, 2.05) is 12.1 Å². The first-order valence-corrected chi connectivity index (χ1v) is 20.9. The summed E-state index contributed by atoms with van der Waals surface area (Å²) in [5.74, 6) is -0.461. The molecule has 0 aromatic heterocycles. The SMILES string of the molecule is CC(C)(C)c1cc(CCC(=O)O)cc(C(C)(C)C)c1O.CC1(C)CC(N)CC(C)(C)N1.CCCCNCCCN(C)C.NCCCNC1CCCCC1. The van der Waals surface area contributed by atoms with Crippen molar-refractivity contribution in [2.45, 2.75) is 194 Å². The molecule has 1 aromatic rings. The number of hydrogen-bond donors (Lipinski definition) is 7. The number of benzene rings is 1. The second kappa shape index (κ2) is 25.4. The van der Waals surface area contributed by atoms with Gasteiger partial charge < -0.3 is 42.5 Å². The van der Waals surface area contributed by atoms with Crippen LogP contribution < -0.4 is 27.4 Å². The van der Waals surface area contributed by atoms with Crippen LogP contribution in [0.25, 0.3) is 0 Å². The first-order chi connectivity index (χ1) is 24.4. The van der Waals surface area contributed by atoms with Crippen LogP contribution in [0.4, 0.5) is 0 Å². The highest BCUT2D eigenvalue weighted by atomic mass is 16.4. The normalized spacial score (nSPS) is 17.5. The monoisotopic (exact) mass is 749 g/mol. The average molecular weight is 749 g/mol. The van der Waals surface area contributed by atoms with Gasteiger partial charge in [0.1, 0.15) is 5.75 Å². The standard InChI is InChI=1S/C17H26O3.2C9H20N2.C9H22N2/c1-16(2,3)12-9-11(7-8-14(18)19)10-13(15(12)20)17(4,5)6;1-8(2)5-7(10)6-9(3,4)11-8;10-7-4-8-11-9-5-2-1-3-6-9;1-4-5-7-10-8-6-9-11(2)3/h9-10,20H,7-8H2,1-6H3,(H,18,19);7,11H,5-6,10H2,1-4H3;9,11H,1-8,10H2;10H,4-9H2,1-3H3. The van der Waals surface area contributed by atoms with Gasteiger partial charge in [-0.3, -0.25) is 4.79 Å². The molecule has 2 fully saturated rings. The second-order valence-corrected chi connectivity index (χ2v) is 19.2. The van der Waals surface area contributed by atoms with E-state index in [1.165, 1.54) is 64.5 Å². The molecular weight excluding hydrogens is 661 g/mol. The average Bonchev–Trinajstić information content (AvgIpc) is 3.01. The summed E-state index contributed by atoms with van der Waals surface area (Å²) in [6, 6.07) is 5.04. The van der Waals surface area contributed by atoms with Crippen molar-refractivity contribution in [2.24, 2.45) is 11.5 Å². The van der Waals surface area contributed by atoms with Crippen LogP contribution in [-0.4, -0.2) is 91.1 Å². The third kappa shape index (κ3) is 25.1. The molecule has 9 N–H and O–H groups in total. The highest BCUT2D eigenvalue weighted by Gasteiger charge is 2.35. The van der Waals surface area contributed by atoms with Gasteiger partial charge in [0.25, 0.3) is 0 Å². The van der Waals surface area contributed by atoms with E-state index in [0.717, 1.165) is 61.6 Å². The minimum absolute atomic E-state index is 0.109. The first-order valence-electron chi connectivity index (χ1n) is 20.9. The first kappa shape index (κ1) is 51.2. The molecular formula is C44H88N6O3. The van der Waals surface area contributed by atoms with Crippen LogP contribution in [0.3, 0.4) is 0 Å². The summed E-state index contributed by atoms with van der Waals surface area (Å²) in [7, 11) is 4.23. The quantitative estimate of drug-likeness (QED) is 0.0945. The van der Waals surface area contributed by atoms with Crippen molar-refractivity contribution in [1.82, 2.24) is 20.9 Å². The van der Waals surface area contributed by atoms with Crippen LogP contribution in [0, 0.1) is 0 Å². The Hall–Kier alpha value is -1.75. The van der Waals surface area contributed by atoms with Gasteiger partial charge in [0, 0.05) is 29.6 Å². The summed E-state index contributed by atoms with van der Waals surface area (Å²) in [6.07, 6.45) is 14.8. The number of nitrogens with one attached hydrogen (secondary N) is 3. The molecule has 9 nitrogen and oxygen atoms in total. The molecule has 0 bridgehead atoms. The van der Waals surface area contributed by atoms with Crippen LogP contribution in [0.2, 0.25) is 0 Å². The van der Waals surface area contributed by atoms with Crippen molar-refractivity contribution in [3.63, 3.8) is 0 Å². The van der Waals surface area contributed by atoms with Crippen LogP contribution >= 0.6 is 0 Å². The minimum Gasteiger partial charge on any atom is -0.507 e. The molecule has 53 heavy (non-hydrogen) atoms. The van der Waals surface area contributed by atoms with Crippen molar-refractivity contribution < 1.29 is 15.0 Å². The lowest BCUT2D eigenvalue weighted by molar-refractivity contribution is -0.136. The predicted octanol–water partition coefficient (Wildman–Crippen LogP) is 7.84. The lowest BCUT2D eigenvalue weighted by Gasteiger charge is -2.45. The number of aromatic hydroxyl groups is 1. The Morgan fingerprint density at radius 3 is 1.81 bits per heavy atom. The molecule has 312 valence electrons. The van der Waals surface area contributed by atoms with Crippen LogP contribution in [0.1, 0.15) is 170 Å². The number of piperidine rings is 1. The van der Waals surface area contributed by atoms with E-state index in [0.29, 0.717) is 18.2 Å². The molecule has 1 aromatic carbocycles. The summed E-state index contributed by atoms with van der Waals surface area (Å²) in [6.45, 7) is 28.9. The highest BCUT2D eigenvalue weighted by Crippen LogP contribution is 2.40. The number of carbonyl (C=O) groups is 1. The number of carboxylic acids is 1. The number of phenolic OH excluding ortho intramolecular Hbond substituents is 1. The number of phenols is 1. The molecule has 1 aliphatic carbocycles. The Labute approximate surface area is 327 Å². The molecule has 0 atom stereocenters. The van der Waals surface area contributed by atoms with Crippen LogP contribution in [-0.2, 0) is 22.0 Å². The van der Waals surface area contributed by atoms with E-state index in [9.17, 15) is 9.90 Å². The molecule has 1 heterocycles. The topological polar surface area (TPSA) is 149 Å². The Balaban J connectivity index is 0.000000711. The summed E-state index contributed by atoms with van der Waals surface area (Å²) in [5.41, 5.74) is 14.1. The molecule has 9 heteroatoms. The number of unbranched alkanes of at least 4 members (excludes halogenated alkanes) is 1. The third-order valence-corrected chi connectivity index (χ3v) is 9.72. The van der Waals surface area contributed by atoms with Gasteiger partial charge in [-0.2, -0.15) is 0 Å². The van der Waals surface area contributed by atoms with E-state index in [-0.39, 0.29) is 28.3 Å². The van der Waals surface area contributed by atoms with Gasteiger partial charge in [0.05, 0.1) is 0 Å². The number of hydrogen-bond acceptors (Lipinski definition) is 8. The maximum atomic E-state index is 10.8. The second-order valence-electron chi connectivity index (χ2n) is 19.2. The number of rotatable bonds is 14. The maximum Gasteiger partial charge on any atom is 0.303 e. The molecule has 3 rings (SSSR count). The third-order valence-electron chi connectivity index (χ3n) is 9.72. The zero-order valence-corrected chi connectivity index (χ0v) is 36.9. The Kier molecular flexibility index (Phi) is 24.6. The van der Waals surface area contributed by atoms with Gasteiger partial charge in [-0.1, -0.05) is 86.3 Å². The Morgan fingerprint density at radius 1 is 0.887 bits per heavy atom. The zero-order chi connectivity index (χ0) is 40.9. The van der Waals surface area contributed by atoms with E-state index in [4.69, 9.17) is 16.6 Å². The molecule has 0 spiro atoms. The van der Waals surface area contributed by atoms with Gasteiger partial charge in [-0.15, -0.1) is 0 Å². The van der Waals surface area contributed by atoms with Gasteiger partial charge >= 0.3 is 5.97 Å². The fourth-order valence-electron chi connectivity index (χ4n) is 7.30. The van der Waals surface area contributed by atoms with Crippen LogP contribution in [0.5, 0.6) is 5.75 Å². The smallest absolute Gasteiger partial charge is 0.303 e. The number of aryl methyl sites for hydroxylation is 1. The van der Waals surface area contributed by atoms with Gasteiger partial charge in [-0.25, -0.2) is 0 Å². The Bertz CT molecular complexity index is 1070. The fraction of sp³-hybridized carbons (Fsp3) is 0.841. The lowest BCUT2D eigenvalue weighted by Crippen LogP contribution is -2.60. The summed E-state index contributed by atoms with van der Waals surface area (Å²) in [5, 5.41) is 29.9. The predicted molar refractivity (Wildman–Crippen MR) is 229 cm³/mol. The van der Waals surface area contributed by atoms with Gasteiger partial charge in [0.15, 0.2) is 0 Å². The maximum absolute atomic E-state index is 10.8. The fourth-order valence-corrected chi connectivity index (χ4v) is 7.30. The van der Waals surface area contributed by atoms with E-state index >= 15 is 0 Å². The summed E-state index contributed by atoms with van der Waals surface area (Å²) in [4.78, 5) is 13.0. The molecule has 1 saturated carbocycles. The molecule has 1 saturated heterocycles. The highest BCUT2D eigenvalue weighted by molar-refractivity contribution is 5.67. The number of nitrogens with zero attached hydrogens (tertiary/aromatic N) is 1. The van der Waals surface area contributed by atoms with E-state index in [2.05, 4.69) is 111 Å². The summed E-state index contributed by atoms with van der Waals surface area (Å²) < 4.78 is 0. The molecule has 1 aliphatic heterocycles. The number of aliphatic carboxylic acids is 1. The molecule has 0 amide bonds. The van der Waals surface area contributed by atoms with E-state index < -0.39 is 5.97 Å². The van der Waals surface area contributed by atoms with Crippen molar-refractivity contribution in [1.29, 1.82) is 0 Å². The van der Waals surface area contributed by atoms with Crippen molar-refractivity contribution in [3.05, 3.63) is 28.8 Å². The largest absolute Gasteiger partial charge is 0.507 e. The number of carboxylic acid groups (broad SMARTS) is 1. The Morgan fingerprint density at radius 2 is 1.40 bits per heavy atom. The van der Waals surface area contributed by atoms with Crippen LogP contribution in [0.15, 0.2) is 12.1 Å². The summed E-state index contributed by atoms with van der Waals surface area (Å²) >= 11 is 0. The molecule has 0 radical (unpaired) electrons. The molecule has 2 aliphatic rings. The zero-order valence-electron chi connectivity index (χ0n) is 36.9. The molecule has 0 unspecified atom stereocenters. The van der Waals surface area contributed by atoms with E-state index in [1.54, 1.807) is 0 Å². The van der Waals surface area contributed by atoms with Gasteiger partial charge in [-0.05, 0) is 153 Å². The van der Waals surface area contributed by atoms with Gasteiger partial charge in [0.2, 0.25) is 0 Å². The minimum atomic E-state index is -0.798. The number of nitrogens with two attached hydrogens (primary N) is 2. The van der Waals surface area contributed by atoms with Crippen molar-refractivity contribution >= 4 is 5.97 Å². The van der Waals surface area contributed by atoms with Crippen molar-refractivity contribution in [3.8, 4) is 5.75 Å². The van der Waals surface area contributed by atoms with Crippen molar-refractivity contribution in [2.75, 3.05) is 46.8 Å².